The highest BCUT2D eigenvalue weighted by atomic mass is 32.2. The third-order valence-corrected chi connectivity index (χ3v) is 8.20. The average Bonchev–Trinajstić information content (AvgIpc) is 2.97. The molecule has 0 radical (unpaired) electrons. The zero-order chi connectivity index (χ0) is 30.3. The van der Waals surface area contributed by atoms with E-state index in [1.165, 1.54) is 12.1 Å². The molecular weight excluding hydrogens is 564 g/mol. The van der Waals surface area contributed by atoms with E-state index < -0.39 is 16.1 Å². The van der Waals surface area contributed by atoms with E-state index >= 15 is 0 Å². The number of anilines is 4. The van der Waals surface area contributed by atoms with E-state index in [9.17, 15) is 22.9 Å². The molecule has 0 aliphatic heterocycles. The smallest absolute Gasteiger partial charge is 0.363 e. The Labute approximate surface area is 248 Å². The number of carbonyl (C=O) groups is 1. The second-order valence-electron chi connectivity index (χ2n) is 10.3. The predicted molar refractivity (Wildman–Crippen MR) is 169 cm³/mol. The van der Waals surface area contributed by atoms with Gasteiger partial charge in [-0.1, -0.05) is 36.4 Å². The number of aromatic carboxylic acids is 1. The van der Waals surface area contributed by atoms with Crippen molar-refractivity contribution in [1.82, 2.24) is 0 Å². The summed E-state index contributed by atoms with van der Waals surface area (Å²) >= 11 is 0. The van der Waals surface area contributed by atoms with Crippen LogP contribution in [0.4, 0.5) is 22.7 Å². The Morgan fingerprint density at radius 3 is 1.86 bits per heavy atom. The molecule has 0 aliphatic carbocycles. The molecule has 0 fully saturated rings. The van der Waals surface area contributed by atoms with Gasteiger partial charge in [0.25, 0.3) is 10.1 Å². The lowest BCUT2D eigenvalue weighted by atomic mass is 9.93. The first kappa shape index (κ1) is 27.9. The fourth-order valence-electron chi connectivity index (χ4n) is 5.18. The highest BCUT2D eigenvalue weighted by molar-refractivity contribution is 7.85. The Morgan fingerprint density at radius 2 is 1.28 bits per heavy atom. The highest BCUT2D eigenvalue weighted by Crippen LogP contribution is 2.40. The van der Waals surface area contributed by atoms with Crippen LogP contribution in [0.3, 0.4) is 0 Å². The standard InChI is InChI=1S/C34H26N2O6S/c1-20-7-3-6-10-29(20)35-22-11-14-27-31(18-22)42-32-19-23(36-30-16-13-24(17-21(30)2)43(39,40)41)12-15-28(32)33(27)25-8-4-5-9-26(25)34(37)38/h3-19,35-36H,1-2H3,(H-,37,38,39,40,41)/p+1. The second-order valence-corrected chi connectivity index (χ2v) is 11.7. The monoisotopic (exact) mass is 591 g/mol. The number of carboxylic acid groups (broad SMARTS) is 1. The first-order valence-corrected chi connectivity index (χ1v) is 14.9. The van der Waals surface area contributed by atoms with E-state index in [0.29, 0.717) is 33.7 Å². The molecule has 0 saturated heterocycles. The lowest BCUT2D eigenvalue weighted by Crippen LogP contribution is -2.01. The molecule has 1 heterocycles. The Bertz CT molecular complexity index is 2180. The van der Waals surface area contributed by atoms with Gasteiger partial charge in [0.15, 0.2) is 0 Å². The van der Waals surface area contributed by atoms with Crippen LogP contribution in [-0.2, 0) is 10.1 Å². The first-order chi connectivity index (χ1) is 20.6. The molecule has 0 aliphatic rings. The number of para-hydroxylation sites is 1. The van der Waals surface area contributed by atoms with Crippen LogP contribution in [0.25, 0.3) is 33.1 Å². The maximum absolute atomic E-state index is 12.2. The number of rotatable bonds is 7. The summed E-state index contributed by atoms with van der Waals surface area (Å²) in [6, 6.07) is 30.5. The summed E-state index contributed by atoms with van der Waals surface area (Å²) in [6.07, 6.45) is 0. The van der Waals surface area contributed by atoms with Crippen LogP contribution in [0.2, 0.25) is 0 Å². The molecule has 5 aromatic carbocycles. The Morgan fingerprint density at radius 1 is 0.698 bits per heavy atom. The first-order valence-electron chi connectivity index (χ1n) is 13.4. The van der Waals surface area contributed by atoms with Crippen molar-refractivity contribution in [1.29, 1.82) is 0 Å². The summed E-state index contributed by atoms with van der Waals surface area (Å²) in [5.41, 5.74) is 7.36. The van der Waals surface area contributed by atoms with Gasteiger partial charge in [-0.3, -0.25) is 4.55 Å². The van der Waals surface area contributed by atoms with E-state index in [-0.39, 0.29) is 10.5 Å². The summed E-state index contributed by atoms with van der Waals surface area (Å²) in [5, 5.41) is 18.2. The van der Waals surface area contributed by atoms with Crippen molar-refractivity contribution in [2.45, 2.75) is 18.7 Å². The number of aryl methyl sites for hydroxylation is 2. The van der Waals surface area contributed by atoms with Gasteiger partial charge >= 0.3 is 17.1 Å². The van der Waals surface area contributed by atoms with E-state index in [0.717, 1.165) is 33.3 Å². The maximum Gasteiger partial charge on any atom is 0.363 e. The van der Waals surface area contributed by atoms with Crippen molar-refractivity contribution in [2.24, 2.45) is 0 Å². The van der Waals surface area contributed by atoms with Gasteiger partial charge in [-0.25, -0.2) is 9.21 Å². The van der Waals surface area contributed by atoms with Gasteiger partial charge in [0, 0.05) is 28.3 Å². The fourth-order valence-corrected chi connectivity index (χ4v) is 5.75. The van der Waals surface area contributed by atoms with Crippen LogP contribution in [0.15, 0.2) is 112 Å². The van der Waals surface area contributed by atoms with Crippen molar-refractivity contribution in [3.05, 3.63) is 120 Å². The lowest BCUT2D eigenvalue weighted by molar-refractivity contribution is 0.0697. The lowest BCUT2D eigenvalue weighted by Gasteiger charge is -2.13. The molecule has 4 N–H and O–H groups in total. The van der Waals surface area contributed by atoms with Crippen molar-refractivity contribution >= 4 is 60.8 Å². The fraction of sp³-hybridized carbons (Fsp3) is 0.0588. The largest absolute Gasteiger partial charge is 0.478 e. The van der Waals surface area contributed by atoms with E-state index in [1.807, 2.05) is 73.7 Å². The normalized spacial score (nSPS) is 11.5. The minimum atomic E-state index is -4.32. The van der Waals surface area contributed by atoms with Crippen LogP contribution in [0, 0.1) is 13.8 Å². The molecule has 6 aromatic rings. The summed E-state index contributed by atoms with van der Waals surface area (Å²) in [6.45, 7) is 3.76. The van der Waals surface area contributed by atoms with Gasteiger partial charge < -0.3 is 15.7 Å². The Kier molecular flexibility index (Phi) is 7.05. The SMILES string of the molecule is Cc1ccccc1Nc1ccc2c(-c3ccccc3C(=O)O)c3ccc(Nc4ccc(S(=O)(=O)O)cc4C)cc3[o+]c2c1. The number of fused-ring (bicyclic) bond motifs is 2. The van der Waals surface area contributed by atoms with Crippen molar-refractivity contribution in [2.75, 3.05) is 10.6 Å². The molecule has 0 atom stereocenters. The molecule has 0 unspecified atom stereocenters. The molecule has 0 spiro atoms. The van der Waals surface area contributed by atoms with Gasteiger partial charge in [-0.2, -0.15) is 8.42 Å². The van der Waals surface area contributed by atoms with Crippen LogP contribution < -0.4 is 10.6 Å². The number of carboxylic acids is 1. The number of hydrogen-bond acceptors (Lipinski definition) is 5. The van der Waals surface area contributed by atoms with Gasteiger partial charge in [-0.15, -0.1) is 0 Å². The van der Waals surface area contributed by atoms with Crippen LogP contribution in [0.1, 0.15) is 21.5 Å². The van der Waals surface area contributed by atoms with Gasteiger partial charge in [0.05, 0.1) is 33.4 Å². The van der Waals surface area contributed by atoms with Gasteiger partial charge in [-0.05, 0) is 85.1 Å². The summed E-state index contributed by atoms with van der Waals surface area (Å²) in [7, 11) is -4.32. The molecule has 0 saturated carbocycles. The Balaban J connectivity index is 1.52. The molecule has 0 amide bonds. The summed E-state index contributed by atoms with van der Waals surface area (Å²) < 4.78 is 38.9. The molecule has 43 heavy (non-hydrogen) atoms. The molecule has 1 aromatic heterocycles. The van der Waals surface area contributed by atoms with E-state index in [1.54, 1.807) is 31.2 Å². The highest BCUT2D eigenvalue weighted by Gasteiger charge is 2.24. The van der Waals surface area contributed by atoms with Crippen LogP contribution >= 0.6 is 0 Å². The summed E-state index contributed by atoms with van der Waals surface area (Å²) in [5.74, 6) is -1.03. The summed E-state index contributed by atoms with van der Waals surface area (Å²) in [4.78, 5) is 12.0. The molecule has 0 bridgehead atoms. The van der Waals surface area contributed by atoms with Crippen molar-refractivity contribution < 1.29 is 27.3 Å². The topological polar surface area (TPSA) is 127 Å². The van der Waals surface area contributed by atoms with E-state index in [2.05, 4.69) is 10.6 Å². The predicted octanol–water partition coefficient (Wildman–Crippen LogP) is 8.58. The third-order valence-electron chi connectivity index (χ3n) is 7.35. The zero-order valence-corrected chi connectivity index (χ0v) is 24.1. The van der Waals surface area contributed by atoms with Gasteiger partial charge in [0.1, 0.15) is 0 Å². The Hall–Kier alpha value is -5.25. The minimum Gasteiger partial charge on any atom is -0.478 e. The number of nitrogens with one attached hydrogen (secondary N) is 2. The molecule has 8 nitrogen and oxygen atoms in total. The van der Waals surface area contributed by atoms with Crippen LogP contribution in [0.5, 0.6) is 0 Å². The zero-order valence-electron chi connectivity index (χ0n) is 23.3. The number of benzene rings is 5. The van der Waals surface area contributed by atoms with Crippen molar-refractivity contribution in [3.8, 4) is 11.1 Å². The van der Waals surface area contributed by atoms with Crippen molar-refractivity contribution in [3.63, 3.8) is 0 Å². The molecule has 9 heteroatoms. The quantitative estimate of drug-likeness (QED) is 0.0826. The number of hydrogen-bond donors (Lipinski definition) is 4. The average molecular weight is 592 g/mol. The van der Waals surface area contributed by atoms with E-state index in [4.69, 9.17) is 4.42 Å². The second kappa shape index (κ2) is 10.9. The third kappa shape index (κ3) is 5.51. The maximum atomic E-state index is 12.2. The van der Waals surface area contributed by atoms with Gasteiger partial charge in [0.2, 0.25) is 0 Å². The molecular formula is C34H27N2O6S+. The van der Waals surface area contributed by atoms with Crippen LogP contribution in [-0.4, -0.2) is 24.0 Å². The minimum absolute atomic E-state index is 0.176. The molecule has 6 rings (SSSR count). The molecule has 214 valence electrons.